The Labute approximate surface area is 65.2 Å². The first-order valence-electron chi connectivity index (χ1n) is 2.22. The molecule has 0 aromatic heterocycles. The number of hydrogen-bond acceptors (Lipinski definition) is 2. The molecule has 0 saturated carbocycles. The van der Waals surface area contributed by atoms with Gasteiger partial charge in [-0.05, 0) is 0 Å². The Morgan fingerprint density at radius 3 is 2.25 bits per heavy atom. The summed E-state index contributed by atoms with van der Waals surface area (Å²) in [6.45, 7) is 3.29. The molecule has 0 heterocycles. The van der Waals surface area contributed by atoms with Crippen molar-refractivity contribution in [1.29, 1.82) is 0 Å². The summed E-state index contributed by atoms with van der Waals surface area (Å²) in [6, 6.07) is 0. The van der Waals surface area contributed by atoms with E-state index in [2.05, 4.69) is 0 Å². The average Bonchev–Trinajstić information content (AvgIpc) is 1.65. The zero-order valence-corrected chi connectivity index (χ0v) is 9.46. The first kappa shape index (κ1) is 8.13. The summed E-state index contributed by atoms with van der Waals surface area (Å²) in [5, 5.41) is 0. The van der Waals surface area contributed by atoms with E-state index in [0.29, 0.717) is 26.2 Å². The fourth-order valence-corrected chi connectivity index (χ4v) is 0.585. The van der Waals surface area contributed by atoms with Crippen molar-refractivity contribution in [2.24, 2.45) is 0 Å². The first-order valence-corrected chi connectivity index (χ1v) is 4.05. The Morgan fingerprint density at radius 2 is 2.12 bits per heavy atom. The molecule has 0 amide bonds. The van der Waals surface area contributed by atoms with Crippen molar-refractivity contribution in [1.82, 2.24) is 0 Å². The topological polar surface area (TPSA) is 26.3 Å². The van der Waals surface area contributed by atoms with Crippen LogP contribution in [0.4, 0.5) is 0 Å². The molecule has 0 aromatic carbocycles. The SMILES string of the molecule is CC(=O)C=C(C)[O][Tl]. The van der Waals surface area contributed by atoms with Crippen LogP contribution in [0.1, 0.15) is 13.8 Å². The maximum atomic E-state index is 10.3. The minimum atomic E-state index is 0.0446. The molecular formula is C5H7O2Tl. The second-order valence-electron chi connectivity index (χ2n) is 1.48. The number of rotatable bonds is 2. The molecule has 0 rings (SSSR count). The molecule has 0 spiro atoms. The number of hydrogen-bond donors (Lipinski definition) is 0. The molecule has 0 fully saturated rings. The molecule has 0 saturated heterocycles. The van der Waals surface area contributed by atoms with E-state index >= 15 is 0 Å². The Morgan fingerprint density at radius 1 is 1.62 bits per heavy atom. The van der Waals surface area contributed by atoms with Gasteiger partial charge in [0.1, 0.15) is 0 Å². The summed E-state index contributed by atoms with van der Waals surface area (Å²) in [4.78, 5) is 10.3. The van der Waals surface area contributed by atoms with Gasteiger partial charge in [0.2, 0.25) is 0 Å². The summed E-state index contributed by atoms with van der Waals surface area (Å²) < 4.78 is 4.87. The summed E-state index contributed by atoms with van der Waals surface area (Å²) >= 11 is 0.482. The van der Waals surface area contributed by atoms with Gasteiger partial charge in [0.25, 0.3) is 0 Å². The van der Waals surface area contributed by atoms with Gasteiger partial charge in [0, 0.05) is 0 Å². The van der Waals surface area contributed by atoms with Gasteiger partial charge in [-0.25, -0.2) is 0 Å². The molecule has 0 aliphatic carbocycles. The van der Waals surface area contributed by atoms with E-state index in [9.17, 15) is 4.79 Å². The zero-order valence-electron chi connectivity index (χ0n) is 4.97. The van der Waals surface area contributed by atoms with Crippen LogP contribution in [-0.4, -0.2) is 32.0 Å². The second kappa shape index (κ2) is 4.06. The Bertz CT molecular complexity index is 118. The molecule has 0 bridgehead atoms. The van der Waals surface area contributed by atoms with Crippen molar-refractivity contribution in [3.8, 4) is 0 Å². The van der Waals surface area contributed by atoms with Crippen molar-refractivity contribution in [2.75, 3.05) is 0 Å². The molecule has 0 atom stereocenters. The van der Waals surface area contributed by atoms with E-state index in [1.54, 1.807) is 6.92 Å². The van der Waals surface area contributed by atoms with E-state index in [1.807, 2.05) is 0 Å². The van der Waals surface area contributed by atoms with Crippen molar-refractivity contribution < 1.29 is 7.48 Å². The van der Waals surface area contributed by atoms with Crippen molar-refractivity contribution in [2.45, 2.75) is 13.8 Å². The van der Waals surface area contributed by atoms with E-state index in [-0.39, 0.29) is 5.78 Å². The fourth-order valence-electron chi connectivity index (χ4n) is 0.320. The van der Waals surface area contributed by atoms with E-state index in [4.69, 9.17) is 2.69 Å². The fraction of sp³-hybridized carbons (Fsp3) is 0.400. The number of allylic oxidation sites excluding steroid dienone is 2. The van der Waals surface area contributed by atoms with Gasteiger partial charge in [0.15, 0.2) is 0 Å². The van der Waals surface area contributed by atoms with Crippen LogP contribution in [0.2, 0.25) is 0 Å². The molecule has 0 aliphatic rings. The van der Waals surface area contributed by atoms with Crippen LogP contribution in [0.5, 0.6) is 0 Å². The van der Waals surface area contributed by atoms with Gasteiger partial charge >= 0.3 is 65.2 Å². The predicted octanol–water partition coefficient (Wildman–Crippen LogP) is 0.579. The summed E-state index contributed by atoms with van der Waals surface area (Å²) in [5.41, 5.74) is 0. The molecular weight excluding hydrogens is 296 g/mol. The molecule has 0 aliphatic heterocycles. The van der Waals surface area contributed by atoms with Crippen molar-refractivity contribution in [3.05, 3.63) is 11.8 Å². The van der Waals surface area contributed by atoms with Crippen LogP contribution < -0.4 is 0 Å². The Hall–Kier alpha value is 0.132. The maximum absolute atomic E-state index is 10.3. The van der Waals surface area contributed by atoms with Gasteiger partial charge in [-0.15, -0.1) is 0 Å². The Balaban J connectivity index is 3.75. The molecule has 0 N–H and O–H groups in total. The van der Waals surface area contributed by atoms with E-state index in [1.165, 1.54) is 13.0 Å². The van der Waals surface area contributed by atoms with Crippen LogP contribution in [0.25, 0.3) is 0 Å². The molecule has 8 heavy (non-hydrogen) atoms. The van der Waals surface area contributed by atoms with Crippen LogP contribution in [0.3, 0.4) is 0 Å². The van der Waals surface area contributed by atoms with Crippen molar-refractivity contribution in [3.63, 3.8) is 0 Å². The van der Waals surface area contributed by atoms with Crippen LogP contribution in [0.15, 0.2) is 11.8 Å². The molecule has 3 heteroatoms. The zero-order chi connectivity index (χ0) is 6.57. The third-order valence-corrected chi connectivity index (χ3v) is 2.04. The van der Waals surface area contributed by atoms with Gasteiger partial charge in [0.05, 0.1) is 0 Å². The molecule has 0 aromatic rings. The number of carbonyl (C=O) groups excluding carboxylic acids is 1. The summed E-state index contributed by atoms with van der Waals surface area (Å²) in [7, 11) is 0. The summed E-state index contributed by atoms with van der Waals surface area (Å²) in [6.07, 6.45) is 1.49. The average molecular weight is 303 g/mol. The second-order valence-corrected chi connectivity index (χ2v) is 2.40. The summed E-state index contributed by atoms with van der Waals surface area (Å²) in [5.74, 6) is 0.769. The molecule has 0 unspecified atom stereocenters. The predicted molar refractivity (Wildman–Crippen MR) is 31.3 cm³/mol. The van der Waals surface area contributed by atoms with E-state index in [0.717, 1.165) is 5.76 Å². The third-order valence-electron chi connectivity index (χ3n) is 0.592. The molecule has 2 nitrogen and oxygen atoms in total. The van der Waals surface area contributed by atoms with Crippen molar-refractivity contribution >= 4 is 32.0 Å². The van der Waals surface area contributed by atoms with Gasteiger partial charge in [-0.1, -0.05) is 0 Å². The molecule has 42 valence electrons. The third kappa shape index (κ3) is 4.30. The Kier molecular flexibility index (Phi) is 4.12. The van der Waals surface area contributed by atoms with Gasteiger partial charge in [-0.3, -0.25) is 0 Å². The van der Waals surface area contributed by atoms with Crippen LogP contribution >= 0.6 is 0 Å². The van der Waals surface area contributed by atoms with Crippen LogP contribution in [-0.2, 0) is 7.48 Å². The normalized spacial score (nSPS) is 10.9. The van der Waals surface area contributed by atoms with Crippen LogP contribution in [0, 0.1) is 0 Å². The van der Waals surface area contributed by atoms with E-state index < -0.39 is 0 Å². The van der Waals surface area contributed by atoms with Gasteiger partial charge in [-0.2, -0.15) is 0 Å². The number of carbonyl (C=O) groups is 1. The quantitative estimate of drug-likeness (QED) is 0.424. The number of ketones is 1. The monoisotopic (exact) mass is 304 g/mol. The standard InChI is InChI=1S/C5H8O2.Tl/c1-4(6)3-5(2)7;/h3,6H,1-2H3;/q;+1/p-1. The minimum absolute atomic E-state index is 0.0446. The van der Waals surface area contributed by atoms with Gasteiger partial charge < -0.3 is 0 Å². The first-order chi connectivity index (χ1) is 3.66. The molecule has 0 radical (unpaired) electrons.